The van der Waals surface area contributed by atoms with Crippen LogP contribution in [0.2, 0.25) is 0 Å². The summed E-state index contributed by atoms with van der Waals surface area (Å²) in [5, 5.41) is 2.78. The first kappa shape index (κ1) is 16.3. The summed E-state index contributed by atoms with van der Waals surface area (Å²) < 4.78 is 7.14. The van der Waals surface area contributed by atoms with E-state index in [0.717, 1.165) is 12.5 Å². The highest BCUT2D eigenvalue weighted by Crippen LogP contribution is 2.28. The Hall–Kier alpha value is -3.15. The van der Waals surface area contributed by atoms with Gasteiger partial charge in [-0.3, -0.25) is 9.59 Å². The van der Waals surface area contributed by atoms with E-state index < -0.39 is 0 Å². The molecule has 26 heavy (non-hydrogen) atoms. The highest BCUT2D eigenvalue weighted by atomic mass is 16.3. The molecular weight excluding hydrogens is 330 g/mol. The standard InChI is InChI=1S/C20H19N3O3/c24-19(17-8-3-9-26-17)15-6-2-7-16(10-15)20(25)22-18-12-23(13-21-18)11-14-4-1-5-14/h2-3,6-10,12-14H,1,4-5,11H2,(H,22,25). The minimum Gasteiger partial charge on any atom is -0.461 e. The molecule has 0 saturated heterocycles. The van der Waals surface area contributed by atoms with Gasteiger partial charge in [-0.05, 0) is 43.0 Å². The van der Waals surface area contributed by atoms with Gasteiger partial charge in [0.15, 0.2) is 11.6 Å². The topological polar surface area (TPSA) is 77.1 Å². The second kappa shape index (κ2) is 7.00. The Labute approximate surface area is 150 Å². The zero-order valence-electron chi connectivity index (χ0n) is 14.2. The minimum absolute atomic E-state index is 0.247. The number of nitrogens with zero attached hydrogens (tertiary/aromatic N) is 2. The van der Waals surface area contributed by atoms with E-state index >= 15 is 0 Å². The van der Waals surface area contributed by atoms with Gasteiger partial charge < -0.3 is 14.3 Å². The van der Waals surface area contributed by atoms with E-state index in [4.69, 9.17) is 4.42 Å². The van der Waals surface area contributed by atoms with Crippen molar-refractivity contribution in [2.24, 2.45) is 5.92 Å². The number of anilines is 1. The van der Waals surface area contributed by atoms with E-state index in [2.05, 4.69) is 10.3 Å². The van der Waals surface area contributed by atoms with Crippen LogP contribution in [0.3, 0.4) is 0 Å². The molecule has 6 heteroatoms. The molecule has 132 valence electrons. The number of hydrogen-bond acceptors (Lipinski definition) is 4. The fourth-order valence-corrected chi connectivity index (χ4v) is 3.04. The van der Waals surface area contributed by atoms with Gasteiger partial charge in [0.25, 0.3) is 5.91 Å². The van der Waals surface area contributed by atoms with Crippen LogP contribution in [0.1, 0.15) is 45.7 Å². The monoisotopic (exact) mass is 349 g/mol. The van der Waals surface area contributed by atoms with E-state index in [1.165, 1.54) is 25.5 Å². The van der Waals surface area contributed by atoms with Gasteiger partial charge in [-0.25, -0.2) is 4.98 Å². The highest BCUT2D eigenvalue weighted by molar-refractivity contribution is 6.10. The summed E-state index contributed by atoms with van der Waals surface area (Å²) in [6.07, 6.45) is 8.85. The number of amides is 1. The van der Waals surface area contributed by atoms with Crippen LogP contribution in [0.25, 0.3) is 0 Å². The number of carbonyl (C=O) groups excluding carboxylic acids is 2. The van der Waals surface area contributed by atoms with E-state index in [-0.39, 0.29) is 17.5 Å². The zero-order chi connectivity index (χ0) is 17.9. The summed E-state index contributed by atoms with van der Waals surface area (Å²) in [6, 6.07) is 9.83. The summed E-state index contributed by atoms with van der Waals surface area (Å²) in [5.74, 6) is 0.925. The average Bonchev–Trinajstić information content (AvgIpc) is 3.30. The van der Waals surface area contributed by atoms with Crippen molar-refractivity contribution in [1.82, 2.24) is 9.55 Å². The van der Waals surface area contributed by atoms with Crippen LogP contribution in [0.4, 0.5) is 5.82 Å². The van der Waals surface area contributed by atoms with E-state index in [0.29, 0.717) is 16.9 Å². The molecule has 2 aromatic heterocycles. The third-order valence-electron chi connectivity index (χ3n) is 4.70. The van der Waals surface area contributed by atoms with E-state index in [9.17, 15) is 9.59 Å². The Morgan fingerprint density at radius 1 is 1.19 bits per heavy atom. The van der Waals surface area contributed by atoms with Crippen LogP contribution in [-0.2, 0) is 6.54 Å². The third-order valence-corrected chi connectivity index (χ3v) is 4.70. The number of carbonyl (C=O) groups is 2. The first-order valence-electron chi connectivity index (χ1n) is 8.70. The van der Waals surface area contributed by atoms with Crippen molar-refractivity contribution in [2.75, 3.05) is 5.32 Å². The number of imidazole rings is 1. The van der Waals surface area contributed by atoms with Crippen molar-refractivity contribution >= 4 is 17.5 Å². The molecule has 4 rings (SSSR count). The lowest BCUT2D eigenvalue weighted by Gasteiger charge is -2.25. The number of rotatable bonds is 6. The zero-order valence-corrected chi connectivity index (χ0v) is 14.2. The summed E-state index contributed by atoms with van der Waals surface area (Å²) in [6.45, 7) is 0.940. The van der Waals surface area contributed by atoms with Crippen molar-refractivity contribution in [2.45, 2.75) is 25.8 Å². The van der Waals surface area contributed by atoms with Crippen LogP contribution in [0, 0.1) is 5.92 Å². The van der Waals surface area contributed by atoms with E-state index in [1.807, 2.05) is 10.8 Å². The maximum atomic E-state index is 12.5. The predicted molar refractivity (Wildman–Crippen MR) is 96.1 cm³/mol. The van der Waals surface area contributed by atoms with Gasteiger partial charge in [0.05, 0.1) is 12.6 Å². The number of benzene rings is 1. The molecule has 1 aliphatic carbocycles. The Morgan fingerprint density at radius 3 is 2.77 bits per heavy atom. The van der Waals surface area contributed by atoms with Crippen LogP contribution in [0.5, 0.6) is 0 Å². The van der Waals surface area contributed by atoms with Gasteiger partial charge in [0.1, 0.15) is 0 Å². The fourth-order valence-electron chi connectivity index (χ4n) is 3.04. The quantitative estimate of drug-likeness (QED) is 0.688. The van der Waals surface area contributed by atoms with Crippen LogP contribution in [-0.4, -0.2) is 21.2 Å². The summed E-state index contributed by atoms with van der Waals surface area (Å²) in [7, 11) is 0. The van der Waals surface area contributed by atoms with Crippen molar-refractivity contribution < 1.29 is 14.0 Å². The molecule has 0 unspecified atom stereocenters. The Bertz CT molecular complexity index is 923. The fraction of sp³-hybridized carbons (Fsp3) is 0.250. The molecule has 2 heterocycles. The molecule has 0 spiro atoms. The van der Waals surface area contributed by atoms with Crippen LogP contribution in [0.15, 0.2) is 59.6 Å². The van der Waals surface area contributed by atoms with Gasteiger partial charge in [0, 0.05) is 23.9 Å². The number of nitrogens with one attached hydrogen (secondary N) is 1. The first-order chi connectivity index (χ1) is 12.7. The SMILES string of the molecule is O=C(Nc1cn(CC2CCC2)cn1)c1cccc(C(=O)c2ccco2)c1. The molecule has 0 bridgehead atoms. The largest absolute Gasteiger partial charge is 0.461 e. The molecule has 3 aromatic rings. The maximum Gasteiger partial charge on any atom is 0.256 e. The van der Waals surface area contributed by atoms with Crippen molar-refractivity contribution in [3.63, 3.8) is 0 Å². The Balaban J connectivity index is 1.44. The van der Waals surface area contributed by atoms with Gasteiger partial charge in [-0.1, -0.05) is 18.6 Å². The summed E-state index contributed by atoms with van der Waals surface area (Å²) in [5.41, 5.74) is 0.805. The Morgan fingerprint density at radius 2 is 2.04 bits per heavy atom. The molecule has 1 saturated carbocycles. The van der Waals surface area contributed by atoms with Gasteiger partial charge in [-0.15, -0.1) is 0 Å². The molecule has 1 amide bonds. The number of furan rings is 1. The smallest absolute Gasteiger partial charge is 0.256 e. The molecule has 0 atom stereocenters. The average molecular weight is 349 g/mol. The third kappa shape index (κ3) is 3.44. The molecule has 1 aliphatic rings. The Kier molecular flexibility index (Phi) is 4.39. The van der Waals surface area contributed by atoms with Crippen molar-refractivity contribution in [1.29, 1.82) is 0 Å². The number of ketones is 1. The molecular formula is C20H19N3O3. The highest BCUT2D eigenvalue weighted by Gasteiger charge is 2.18. The van der Waals surface area contributed by atoms with Gasteiger partial charge >= 0.3 is 0 Å². The lowest BCUT2D eigenvalue weighted by Crippen LogP contribution is -2.17. The van der Waals surface area contributed by atoms with Crippen LogP contribution >= 0.6 is 0 Å². The van der Waals surface area contributed by atoms with Crippen molar-refractivity contribution in [3.05, 3.63) is 72.1 Å². The molecule has 1 aromatic carbocycles. The van der Waals surface area contributed by atoms with E-state index in [1.54, 1.807) is 42.7 Å². The predicted octanol–water partition coefficient (Wildman–Crippen LogP) is 3.76. The molecule has 6 nitrogen and oxygen atoms in total. The lowest BCUT2D eigenvalue weighted by molar-refractivity contribution is 0.101. The normalized spacial score (nSPS) is 14.0. The second-order valence-corrected chi connectivity index (χ2v) is 6.59. The molecule has 1 fully saturated rings. The summed E-state index contributed by atoms with van der Waals surface area (Å²) in [4.78, 5) is 29.1. The lowest BCUT2D eigenvalue weighted by atomic mass is 9.85. The minimum atomic E-state index is -0.298. The molecule has 0 aliphatic heterocycles. The second-order valence-electron chi connectivity index (χ2n) is 6.59. The van der Waals surface area contributed by atoms with Gasteiger partial charge in [0.2, 0.25) is 5.78 Å². The van der Waals surface area contributed by atoms with Crippen LogP contribution < -0.4 is 5.32 Å². The summed E-state index contributed by atoms with van der Waals surface area (Å²) >= 11 is 0. The molecule has 0 radical (unpaired) electrons. The van der Waals surface area contributed by atoms with Gasteiger partial charge in [-0.2, -0.15) is 0 Å². The van der Waals surface area contributed by atoms with Crippen molar-refractivity contribution in [3.8, 4) is 0 Å². The number of hydrogen-bond donors (Lipinski definition) is 1. The maximum absolute atomic E-state index is 12.5. The first-order valence-corrected chi connectivity index (χ1v) is 8.70. The molecule has 1 N–H and O–H groups in total. The number of aromatic nitrogens is 2.